The third kappa shape index (κ3) is 2.01. The number of esters is 1. The number of hydrogen-bond acceptors (Lipinski definition) is 4. The molecule has 6 nitrogen and oxygen atoms in total. The number of carbonyl (C=O) groups excluding carboxylic acids is 2. The van der Waals surface area contributed by atoms with E-state index < -0.39 is 18.0 Å². The minimum Gasteiger partial charge on any atom is -0.480 e. The Kier molecular flexibility index (Phi) is 3.06. The highest BCUT2D eigenvalue weighted by Gasteiger charge is 2.37. The molecule has 78 valence electrons. The highest BCUT2D eigenvalue weighted by Crippen LogP contribution is 2.18. The predicted octanol–water partition coefficient (Wildman–Crippen LogP) is -0.765. The maximum absolute atomic E-state index is 11.2. The van der Waals surface area contributed by atoms with Crippen molar-refractivity contribution in [3.05, 3.63) is 0 Å². The van der Waals surface area contributed by atoms with E-state index in [1.165, 1.54) is 7.11 Å². The summed E-state index contributed by atoms with van der Waals surface area (Å²) in [5.74, 6) is -2.01. The highest BCUT2D eigenvalue weighted by atomic mass is 16.5. The number of ether oxygens (including phenoxy) is 1. The highest BCUT2D eigenvalue weighted by molar-refractivity contribution is 5.90. The first-order valence-corrected chi connectivity index (χ1v) is 4.15. The summed E-state index contributed by atoms with van der Waals surface area (Å²) in [6.45, 7) is -0.285. The second-order valence-corrected chi connectivity index (χ2v) is 2.99. The summed E-state index contributed by atoms with van der Waals surface area (Å²) in [5, 5.41) is 8.74. The summed E-state index contributed by atoms with van der Waals surface area (Å²) >= 11 is 0. The lowest BCUT2D eigenvalue weighted by Gasteiger charge is -2.19. The Morgan fingerprint density at radius 2 is 2.29 bits per heavy atom. The fourth-order valence-electron chi connectivity index (χ4n) is 1.39. The van der Waals surface area contributed by atoms with Crippen molar-refractivity contribution in [2.75, 3.05) is 13.7 Å². The van der Waals surface area contributed by atoms with Gasteiger partial charge in [0.2, 0.25) is 5.91 Å². The summed E-state index contributed by atoms with van der Waals surface area (Å²) in [5.41, 5.74) is 0. The van der Waals surface area contributed by atoms with Crippen molar-refractivity contribution < 1.29 is 24.2 Å². The Morgan fingerprint density at radius 1 is 1.64 bits per heavy atom. The van der Waals surface area contributed by atoms with E-state index in [0.29, 0.717) is 0 Å². The van der Waals surface area contributed by atoms with Gasteiger partial charge in [-0.3, -0.25) is 9.59 Å². The number of nitrogens with zero attached hydrogens (tertiary/aromatic N) is 1. The zero-order chi connectivity index (χ0) is 10.7. The van der Waals surface area contributed by atoms with Crippen LogP contribution in [0.15, 0.2) is 0 Å². The van der Waals surface area contributed by atoms with Crippen molar-refractivity contribution in [1.82, 2.24) is 4.90 Å². The zero-order valence-electron chi connectivity index (χ0n) is 7.73. The number of rotatable bonds is 3. The number of carbonyl (C=O) groups is 3. The van der Waals surface area contributed by atoms with Crippen LogP contribution in [0.1, 0.15) is 12.8 Å². The van der Waals surface area contributed by atoms with Gasteiger partial charge in [-0.25, -0.2) is 4.79 Å². The molecule has 6 heteroatoms. The summed E-state index contributed by atoms with van der Waals surface area (Å²) in [6.07, 6.45) is 0.430. The number of likely N-dealkylation sites (tertiary alicyclic amines) is 1. The van der Waals surface area contributed by atoms with E-state index in [1.807, 2.05) is 0 Å². The molecule has 0 unspecified atom stereocenters. The SMILES string of the molecule is COC(=O)CN1C(=O)CC[C@H]1C(=O)O. The smallest absolute Gasteiger partial charge is 0.326 e. The van der Waals surface area contributed by atoms with E-state index in [2.05, 4.69) is 4.74 Å². The number of aliphatic carboxylic acids is 1. The second-order valence-electron chi connectivity index (χ2n) is 2.99. The molecule has 0 aromatic rings. The molecular formula is C8H11NO5. The molecule has 0 aliphatic carbocycles. The number of carboxylic acids is 1. The van der Waals surface area contributed by atoms with Gasteiger partial charge in [0, 0.05) is 6.42 Å². The quantitative estimate of drug-likeness (QED) is 0.606. The Bertz CT molecular complexity index is 275. The molecule has 1 N–H and O–H groups in total. The molecule has 1 amide bonds. The Balaban J connectivity index is 2.67. The van der Waals surface area contributed by atoms with Crippen molar-refractivity contribution in [3.63, 3.8) is 0 Å². The van der Waals surface area contributed by atoms with E-state index in [0.717, 1.165) is 4.90 Å². The van der Waals surface area contributed by atoms with Crippen LogP contribution in [0.4, 0.5) is 0 Å². The molecule has 1 atom stereocenters. The molecule has 0 saturated carbocycles. The maximum atomic E-state index is 11.2. The number of methoxy groups -OCH3 is 1. The van der Waals surface area contributed by atoms with Crippen LogP contribution in [-0.2, 0) is 19.1 Å². The van der Waals surface area contributed by atoms with E-state index in [9.17, 15) is 14.4 Å². The van der Waals surface area contributed by atoms with E-state index in [4.69, 9.17) is 5.11 Å². The Hall–Kier alpha value is -1.59. The van der Waals surface area contributed by atoms with Gasteiger partial charge in [-0.05, 0) is 6.42 Å². The van der Waals surface area contributed by atoms with Crippen LogP contribution >= 0.6 is 0 Å². The number of amides is 1. The molecule has 1 fully saturated rings. The molecular weight excluding hydrogens is 190 g/mol. The summed E-state index contributed by atoms with van der Waals surface area (Å²) < 4.78 is 4.36. The molecule has 0 aromatic carbocycles. The molecule has 0 bridgehead atoms. The largest absolute Gasteiger partial charge is 0.480 e. The number of hydrogen-bond donors (Lipinski definition) is 1. The third-order valence-corrected chi connectivity index (χ3v) is 2.14. The minimum atomic E-state index is -1.08. The average Bonchev–Trinajstić information content (AvgIpc) is 2.48. The predicted molar refractivity (Wildman–Crippen MR) is 44.4 cm³/mol. The Labute approximate surface area is 80.4 Å². The van der Waals surface area contributed by atoms with Crippen LogP contribution in [0.3, 0.4) is 0 Å². The standard InChI is InChI=1S/C8H11NO5/c1-14-7(11)4-9-5(8(12)13)2-3-6(9)10/h5H,2-4H2,1H3,(H,12,13)/t5-/m0/s1. The van der Waals surface area contributed by atoms with Gasteiger partial charge in [-0.15, -0.1) is 0 Å². The van der Waals surface area contributed by atoms with E-state index in [1.54, 1.807) is 0 Å². The fourth-order valence-corrected chi connectivity index (χ4v) is 1.39. The Morgan fingerprint density at radius 3 is 2.79 bits per heavy atom. The fraction of sp³-hybridized carbons (Fsp3) is 0.625. The van der Waals surface area contributed by atoms with Crippen LogP contribution < -0.4 is 0 Å². The van der Waals surface area contributed by atoms with E-state index >= 15 is 0 Å². The first-order valence-electron chi connectivity index (χ1n) is 4.15. The van der Waals surface area contributed by atoms with Crippen molar-refractivity contribution >= 4 is 17.8 Å². The maximum Gasteiger partial charge on any atom is 0.326 e. The lowest BCUT2D eigenvalue weighted by Crippen LogP contribution is -2.41. The molecule has 0 aromatic heterocycles. The lowest BCUT2D eigenvalue weighted by atomic mass is 10.2. The first kappa shape index (κ1) is 10.5. The van der Waals surface area contributed by atoms with Crippen molar-refractivity contribution in [2.45, 2.75) is 18.9 Å². The van der Waals surface area contributed by atoms with Crippen molar-refractivity contribution in [1.29, 1.82) is 0 Å². The molecule has 14 heavy (non-hydrogen) atoms. The van der Waals surface area contributed by atoms with Gasteiger partial charge in [-0.2, -0.15) is 0 Å². The average molecular weight is 201 g/mol. The van der Waals surface area contributed by atoms with Gasteiger partial charge in [-0.1, -0.05) is 0 Å². The molecule has 1 rings (SSSR count). The van der Waals surface area contributed by atoms with Gasteiger partial charge >= 0.3 is 11.9 Å². The van der Waals surface area contributed by atoms with Crippen molar-refractivity contribution in [2.24, 2.45) is 0 Å². The molecule has 0 spiro atoms. The molecule has 1 heterocycles. The molecule has 0 radical (unpaired) electrons. The third-order valence-electron chi connectivity index (χ3n) is 2.14. The monoisotopic (exact) mass is 201 g/mol. The normalized spacial score (nSPS) is 21.1. The van der Waals surface area contributed by atoms with Crippen molar-refractivity contribution in [3.8, 4) is 0 Å². The zero-order valence-corrected chi connectivity index (χ0v) is 7.73. The second kappa shape index (κ2) is 4.08. The summed E-state index contributed by atoms with van der Waals surface area (Å²) in [4.78, 5) is 33.8. The lowest BCUT2D eigenvalue weighted by molar-refractivity contribution is -0.151. The van der Waals surface area contributed by atoms with Gasteiger partial charge in [0.05, 0.1) is 7.11 Å². The van der Waals surface area contributed by atoms with Gasteiger partial charge in [0.15, 0.2) is 0 Å². The van der Waals surface area contributed by atoms with Crippen LogP contribution in [0.25, 0.3) is 0 Å². The number of carboxylic acid groups (broad SMARTS) is 1. The van der Waals surface area contributed by atoms with Gasteiger partial charge in [0.25, 0.3) is 0 Å². The van der Waals surface area contributed by atoms with Gasteiger partial charge in [0.1, 0.15) is 12.6 Å². The van der Waals surface area contributed by atoms with Gasteiger partial charge < -0.3 is 14.7 Å². The van der Waals surface area contributed by atoms with E-state index in [-0.39, 0.29) is 25.3 Å². The topological polar surface area (TPSA) is 83.9 Å². The van der Waals surface area contributed by atoms with Crippen LogP contribution in [0.5, 0.6) is 0 Å². The first-order chi connectivity index (χ1) is 6.56. The molecule has 1 aliphatic rings. The van der Waals surface area contributed by atoms with Crippen LogP contribution in [0, 0.1) is 0 Å². The van der Waals surface area contributed by atoms with Crippen LogP contribution in [0.2, 0.25) is 0 Å². The minimum absolute atomic E-state index is 0.175. The summed E-state index contributed by atoms with van der Waals surface area (Å²) in [6, 6.07) is -0.887. The summed E-state index contributed by atoms with van der Waals surface area (Å²) in [7, 11) is 1.19. The molecule has 1 saturated heterocycles. The molecule has 1 aliphatic heterocycles. The van der Waals surface area contributed by atoms with Crippen LogP contribution in [-0.4, -0.2) is 47.5 Å².